The predicted molar refractivity (Wildman–Crippen MR) is 78.4 cm³/mol. The van der Waals surface area contributed by atoms with E-state index in [4.69, 9.17) is 5.11 Å². The summed E-state index contributed by atoms with van der Waals surface area (Å²) in [6, 6.07) is 10.7. The molecule has 1 aliphatic carbocycles. The summed E-state index contributed by atoms with van der Waals surface area (Å²) in [5.74, 6) is -0.910. The molecular weight excluding hydrogens is 256 g/mol. The molecule has 0 spiro atoms. The number of rotatable bonds is 3. The summed E-state index contributed by atoms with van der Waals surface area (Å²) in [5.41, 5.74) is 4.18. The number of benzene rings is 1. The molecule has 19 heavy (non-hydrogen) atoms. The van der Waals surface area contributed by atoms with Gasteiger partial charge in [0, 0.05) is 15.8 Å². The van der Waals surface area contributed by atoms with Crippen molar-refractivity contribution < 1.29 is 9.90 Å². The van der Waals surface area contributed by atoms with Crippen molar-refractivity contribution in [1.29, 1.82) is 0 Å². The highest BCUT2D eigenvalue weighted by atomic mass is 32.1. The van der Waals surface area contributed by atoms with Gasteiger partial charge in [0.2, 0.25) is 0 Å². The Hall–Kier alpha value is -1.87. The summed E-state index contributed by atoms with van der Waals surface area (Å²) in [5, 5.41) is 8.62. The van der Waals surface area contributed by atoms with Crippen LogP contribution in [0.2, 0.25) is 0 Å². The van der Waals surface area contributed by atoms with Gasteiger partial charge >= 0.3 is 5.97 Å². The van der Waals surface area contributed by atoms with Crippen LogP contribution in [0.3, 0.4) is 0 Å². The molecule has 3 heteroatoms. The number of aliphatic carboxylic acids is 1. The van der Waals surface area contributed by atoms with Crippen LogP contribution >= 0.6 is 11.3 Å². The van der Waals surface area contributed by atoms with Gasteiger partial charge in [-0.2, -0.15) is 0 Å². The van der Waals surface area contributed by atoms with Crippen LogP contribution in [0.5, 0.6) is 0 Å². The van der Waals surface area contributed by atoms with Crippen LogP contribution in [0, 0.1) is 0 Å². The first kappa shape index (κ1) is 12.2. The second kappa shape index (κ2) is 5.02. The predicted octanol–water partition coefficient (Wildman–Crippen LogP) is 4.00. The zero-order chi connectivity index (χ0) is 13.2. The summed E-state index contributed by atoms with van der Waals surface area (Å²) in [6.07, 6.45) is 6.46. The third-order valence-electron chi connectivity index (χ3n) is 3.40. The maximum atomic E-state index is 10.5. The van der Waals surface area contributed by atoms with Crippen molar-refractivity contribution in [2.75, 3.05) is 0 Å². The second-order valence-corrected chi connectivity index (χ2v) is 5.83. The van der Waals surface area contributed by atoms with Crippen LogP contribution in [0.25, 0.3) is 16.5 Å². The Labute approximate surface area is 116 Å². The molecule has 0 fully saturated rings. The van der Waals surface area contributed by atoms with Crippen LogP contribution in [0.1, 0.15) is 22.4 Å². The van der Waals surface area contributed by atoms with Gasteiger partial charge in [0.25, 0.3) is 0 Å². The number of carbonyl (C=O) groups is 1. The molecule has 0 atom stereocenters. The Bertz CT molecular complexity index is 653. The fourth-order valence-corrected chi connectivity index (χ4v) is 3.38. The van der Waals surface area contributed by atoms with Gasteiger partial charge in [-0.05, 0) is 54.2 Å². The Morgan fingerprint density at radius 1 is 1.16 bits per heavy atom. The number of fused-ring (bicyclic) bond motifs is 1. The molecule has 3 rings (SSSR count). The number of hydrogen-bond donors (Lipinski definition) is 1. The van der Waals surface area contributed by atoms with Crippen molar-refractivity contribution in [2.45, 2.75) is 19.3 Å². The van der Waals surface area contributed by atoms with Gasteiger partial charge in [-0.15, -0.1) is 11.3 Å². The molecule has 1 heterocycles. The molecule has 0 radical (unpaired) electrons. The van der Waals surface area contributed by atoms with E-state index in [0.29, 0.717) is 0 Å². The average Bonchev–Trinajstić information content (AvgIpc) is 3.04. The van der Waals surface area contributed by atoms with Crippen LogP contribution in [-0.4, -0.2) is 11.1 Å². The first-order valence-corrected chi connectivity index (χ1v) is 7.17. The quantitative estimate of drug-likeness (QED) is 0.856. The van der Waals surface area contributed by atoms with E-state index < -0.39 is 5.97 Å². The van der Waals surface area contributed by atoms with E-state index in [9.17, 15) is 4.79 Å². The lowest BCUT2D eigenvalue weighted by Crippen LogP contribution is -1.84. The minimum Gasteiger partial charge on any atom is -0.478 e. The molecule has 0 bridgehead atoms. The summed E-state index contributed by atoms with van der Waals surface area (Å²) in [6.45, 7) is 0. The number of aryl methyl sites for hydroxylation is 2. The van der Waals surface area contributed by atoms with E-state index in [1.165, 1.54) is 46.9 Å². The van der Waals surface area contributed by atoms with Crippen molar-refractivity contribution in [3.8, 4) is 10.4 Å². The molecule has 0 saturated carbocycles. The summed E-state index contributed by atoms with van der Waals surface area (Å²) in [4.78, 5) is 12.7. The van der Waals surface area contributed by atoms with E-state index in [-0.39, 0.29) is 0 Å². The number of carboxylic acids is 1. The molecule has 0 aliphatic heterocycles. The van der Waals surface area contributed by atoms with Crippen LogP contribution in [-0.2, 0) is 17.6 Å². The summed E-state index contributed by atoms with van der Waals surface area (Å²) < 4.78 is 0. The maximum absolute atomic E-state index is 10.5. The molecule has 2 nitrogen and oxygen atoms in total. The fraction of sp³-hybridized carbons (Fsp3) is 0.188. The first-order chi connectivity index (χ1) is 9.22. The second-order valence-electron chi connectivity index (χ2n) is 4.71. The maximum Gasteiger partial charge on any atom is 0.328 e. The minimum absolute atomic E-state index is 0.910. The molecule has 1 aliphatic rings. The molecule has 0 amide bonds. The van der Waals surface area contributed by atoms with Gasteiger partial charge in [0.15, 0.2) is 0 Å². The number of carboxylic acid groups (broad SMARTS) is 1. The monoisotopic (exact) mass is 270 g/mol. The Balaban J connectivity index is 1.88. The highest BCUT2D eigenvalue weighted by Crippen LogP contribution is 2.32. The van der Waals surface area contributed by atoms with Gasteiger partial charge in [0.05, 0.1) is 0 Å². The van der Waals surface area contributed by atoms with E-state index in [0.717, 1.165) is 4.88 Å². The lowest BCUT2D eigenvalue weighted by Gasteiger charge is -2.02. The van der Waals surface area contributed by atoms with Gasteiger partial charge in [-0.3, -0.25) is 0 Å². The van der Waals surface area contributed by atoms with Crippen molar-refractivity contribution in [3.05, 3.63) is 52.4 Å². The van der Waals surface area contributed by atoms with Gasteiger partial charge in [0.1, 0.15) is 0 Å². The normalized spacial score (nSPS) is 13.9. The van der Waals surface area contributed by atoms with E-state index in [1.807, 2.05) is 6.07 Å². The van der Waals surface area contributed by atoms with Crippen LogP contribution in [0.15, 0.2) is 36.4 Å². The van der Waals surface area contributed by atoms with Crippen molar-refractivity contribution in [3.63, 3.8) is 0 Å². The van der Waals surface area contributed by atoms with Gasteiger partial charge < -0.3 is 5.11 Å². The lowest BCUT2D eigenvalue weighted by molar-refractivity contribution is -0.131. The third-order valence-corrected chi connectivity index (χ3v) is 4.50. The van der Waals surface area contributed by atoms with Crippen molar-refractivity contribution in [2.24, 2.45) is 0 Å². The van der Waals surface area contributed by atoms with Gasteiger partial charge in [-0.25, -0.2) is 4.79 Å². The smallest absolute Gasteiger partial charge is 0.328 e. The molecule has 2 aromatic rings. The van der Waals surface area contributed by atoms with Crippen molar-refractivity contribution in [1.82, 2.24) is 0 Å². The zero-order valence-electron chi connectivity index (χ0n) is 10.4. The molecule has 0 saturated heterocycles. The first-order valence-electron chi connectivity index (χ1n) is 6.35. The van der Waals surface area contributed by atoms with Crippen LogP contribution < -0.4 is 0 Å². The highest BCUT2D eigenvalue weighted by Gasteiger charge is 2.12. The molecule has 1 N–H and O–H groups in total. The average molecular weight is 270 g/mol. The SMILES string of the molecule is O=C(O)/C=C/c1ccc(-c2ccc3c(c2)CCC3)s1. The van der Waals surface area contributed by atoms with Crippen LogP contribution in [0.4, 0.5) is 0 Å². The number of hydrogen-bond acceptors (Lipinski definition) is 2. The molecule has 96 valence electrons. The Morgan fingerprint density at radius 3 is 2.84 bits per heavy atom. The third kappa shape index (κ3) is 2.61. The largest absolute Gasteiger partial charge is 0.478 e. The molecule has 0 unspecified atom stereocenters. The van der Waals surface area contributed by atoms with E-state index in [1.54, 1.807) is 17.4 Å². The fourth-order valence-electron chi connectivity index (χ4n) is 2.48. The van der Waals surface area contributed by atoms with Crippen molar-refractivity contribution >= 4 is 23.4 Å². The van der Waals surface area contributed by atoms with E-state index in [2.05, 4.69) is 24.3 Å². The van der Waals surface area contributed by atoms with E-state index >= 15 is 0 Å². The zero-order valence-corrected chi connectivity index (χ0v) is 11.2. The molecule has 1 aromatic carbocycles. The topological polar surface area (TPSA) is 37.3 Å². The standard InChI is InChI=1S/C16H14O2S/c17-16(18)9-7-14-6-8-15(19-14)13-5-4-11-2-1-3-12(11)10-13/h4-10H,1-3H2,(H,17,18)/b9-7+. The summed E-state index contributed by atoms with van der Waals surface area (Å²) in [7, 11) is 0. The van der Waals surface area contributed by atoms with Gasteiger partial charge in [-0.1, -0.05) is 18.2 Å². The lowest BCUT2D eigenvalue weighted by atomic mass is 10.1. The Morgan fingerprint density at radius 2 is 2.00 bits per heavy atom. The minimum atomic E-state index is -0.910. The highest BCUT2D eigenvalue weighted by molar-refractivity contribution is 7.16. The molecular formula is C16H14O2S. The Kier molecular flexibility index (Phi) is 3.22. The number of thiophene rings is 1. The molecule has 1 aromatic heterocycles. The summed E-state index contributed by atoms with van der Waals surface area (Å²) >= 11 is 1.62.